The van der Waals surface area contributed by atoms with Crippen LogP contribution in [0, 0.1) is 0 Å². The summed E-state index contributed by atoms with van der Waals surface area (Å²) in [4.78, 5) is 22.1. The van der Waals surface area contributed by atoms with Crippen LogP contribution in [0.3, 0.4) is 0 Å². The van der Waals surface area contributed by atoms with Crippen molar-refractivity contribution in [2.45, 2.75) is 0 Å². The van der Waals surface area contributed by atoms with Crippen LogP contribution in [0.2, 0.25) is 0 Å². The maximum Gasteiger partial charge on any atom is 0.337 e. The highest BCUT2D eigenvalue weighted by atomic mass is 16.5. The lowest BCUT2D eigenvalue weighted by Crippen LogP contribution is -2.27. The van der Waals surface area contributed by atoms with Gasteiger partial charge in [-0.3, -0.25) is 0 Å². The molecule has 0 heterocycles. The molecule has 0 aliphatic rings. The molecule has 1 aromatic rings. The zero-order chi connectivity index (χ0) is 16.1. The van der Waals surface area contributed by atoms with Crippen molar-refractivity contribution in [3.8, 4) is 0 Å². The Kier molecular flexibility index (Phi) is 10.7. The lowest BCUT2D eigenvalue weighted by molar-refractivity contribution is 0.0586. The van der Waals surface area contributed by atoms with Crippen LogP contribution in [0.15, 0.2) is 24.3 Å². The van der Waals surface area contributed by atoms with Gasteiger partial charge in [0.05, 0.1) is 25.3 Å². The zero-order valence-corrected chi connectivity index (χ0v) is 12.4. The summed E-state index contributed by atoms with van der Waals surface area (Å²) in [5.41, 5.74) is 11.1. The fourth-order valence-electron chi connectivity index (χ4n) is 1.31. The molecule has 0 bridgehead atoms. The molecule has 0 unspecified atom stereocenters. The largest absolute Gasteiger partial charge is 0.465 e. The van der Waals surface area contributed by atoms with Gasteiger partial charge in [0.2, 0.25) is 0 Å². The number of benzene rings is 1. The number of nitrogens with one attached hydrogen (secondary N) is 1. The minimum Gasteiger partial charge on any atom is -0.465 e. The quantitative estimate of drug-likeness (QED) is 0.490. The summed E-state index contributed by atoms with van der Waals surface area (Å²) in [6.07, 6.45) is 0. The van der Waals surface area contributed by atoms with Crippen LogP contribution in [0.5, 0.6) is 0 Å². The van der Waals surface area contributed by atoms with Gasteiger partial charge in [-0.2, -0.15) is 0 Å². The van der Waals surface area contributed by atoms with Crippen molar-refractivity contribution < 1.29 is 19.1 Å². The Morgan fingerprint density at radius 1 is 0.905 bits per heavy atom. The molecule has 5 N–H and O–H groups in total. The predicted octanol–water partition coefficient (Wildman–Crippen LogP) is -0.247. The fourth-order valence-corrected chi connectivity index (χ4v) is 1.31. The second kappa shape index (κ2) is 11.8. The van der Waals surface area contributed by atoms with E-state index in [1.165, 1.54) is 38.5 Å². The molecule has 0 radical (unpaired) electrons. The number of nitrogens with two attached hydrogens (primary N) is 2. The molecule has 7 nitrogen and oxygen atoms in total. The third-order valence-electron chi connectivity index (χ3n) is 2.37. The number of esters is 2. The van der Waals surface area contributed by atoms with Crippen LogP contribution >= 0.6 is 0 Å². The van der Waals surface area contributed by atoms with Gasteiger partial charge in [-0.15, -0.1) is 0 Å². The molecule has 21 heavy (non-hydrogen) atoms. The van der Waals surface area contributed by atoms with Gasteiger partial charge in [-0.1, -0.05) is 0 Å². The molecule has 1 aromatic carbocycles. The van der Waals surface area contributed by atoms with E-state index in [9.17, 15) is 9.59 Å². The molecule has 0 atom stereocenters. The number of methoxy groups -OCH3 is 2. The maximum absolute atomic E-state index is 11.0. The normalized spacial score (nSPS) is 9.33. The Morgan fingerprint density at radius 2 is 1.24 bits per heavy atom. The summed E-state index contributed by atoms with van der Waals surface area (Å²) in [5, 5.41) is 3.03. The highest BCUT2D eigenvalue weighted by Gasteiger charge is 2.08. The van der Waals surface area contributed by atoms with E-state index in [1.807, 2.05) is 0 Å². The van der Waals surface area contributed by atoms with Gasteiger partial charge in [0, 0.05) is 26.2 Å². The summed E-state index contributed by atoms with van der Waals surface area (Å²) in [6.45, 7) is 3.13. The molecule has 0 amide bonds. The smallest absolute Gasteiger partial charge is 0.337 e. The number of ether oxygens (including phenoxy) is 2. The minimum absolute atomic E-state index is 0.403. The highest BCUT2D eigenvalue weighted by molar-refractivity contribution is 5.93. The van der Waals surface area contributed by atoms with Crippen LogP contribution < -0.4 is 16.8 Å². The Bertz CT molecular complexity index is 382. The van der Waals surface area contributed by atoms with Gasteiger partial charge in [0.15, 0.2) is 0 Å². The van der Waals surface area contributed by atoms with E-state index < -0.39 is 11.9 Å². The van der Waals surface area contributed by atoms with Gasteiger partial charge in [0.1, 0.15) is 0 Å². The summed E-state index contributed by atoms with van der Waals surface area (Å²) in [6, 6.07) is 6.05. The van der Waals surface area contributed by atoms with Crippen LogP contribution in [-0.2, 0) is 9.47 Å². The van der Waals surface area contributed by atoms with E-state index >= 15 is 0 Å². The molecule has 118 valence electrons. The number of hydrogen-bond acceptors (Lipinski definition) is 7. The van der Waals surface area contributed by atoms with Crippen LogP contribution in [0.1, 0.15) is 20.7 Å². The summed E-state index contributed by atoms with van der Waals surface area (Å²) >= 11 is 0. The van der Waals surface area contributed by atoms with Crippen LogP contribution in [0.25, 0.3) is 0 Å². The van der Waals surface area contributed by atoms with E-state index in [-0.39, 0.29) is 0 Å². The maximum atomic E-state index is 11.0. The monoisotopic (exact) mass is 297 g/mol. The molecular weight excluding hydrogens is 274 g/mol. The van der Waals surface area contributed by atoms with Crippen molar-refractivity contribution in [3.05, 3.63) is 35.4 Å². The van der Waals surface area contributed by atoms with E-state index in [1.54, 1.807) is 0 Å². The van der Waals surface area contributed by atoms with E-state index in [4.69, 9.17) is 11.5 Å². The predicted molar refractivity (Wildman–Crippen MR) is 80.1 cm³/mol. The minimum atomic E-state index is -0.429. The molecule has 0 aliphatic heterocycles. The Hall–Kier alpha value is -1.96. The first kappa shape index (κ1) is 19.0. The van der Waals surface area contributed by atoms with Gasteiger partial charge < -0.3 is 26.3 Å². The van der Waals surface area contributed by atoms with Crippen LogP contribution in [0.4, 0.5) is 0 Å². The van der Waals surface area contributed by atoms with Gasteiger partial charge in [0.25, 0.3) is 0 Å². The SMILES string of the molecule is COC(=O)c1ccc(C(=O)OC)cc1.NCCNCCN. The van der Waals surface area contributed by atoms with Gasteiger partial charge in [-0.05, 0) is 24.3 Å². The molecule has 0 spiro atoms. The number of carbonyl (C=O) groups excluding carboxylic acids is 2. The topological polar surface area (TPSA) is 117 Å². The Labute approximate surface area is 124 Å². The highest BCUT2D eigenvalue weighted by Crippen LogP contribution is 2.06. The van der Waals surface area contributed by atoms with Crippen molar-refractivity contribution in [2.24, 2.45) is 11.5 Å². The Morgan fingerprint density at radius 3 is 1.48 bits per heavy atom. The van der Waals surface area contributed by atoms with Gasteiger partial charge >= 0.3 is 11.9 Å². The molecule has 0 saturated heterocycles. The summed E-state index contributed by atoms with van der Waals surface area (Å²) in [7, 11) is 2.60. The van der Waals surface area contributed by atoms with Gasteiger partial charge in [-0.25, -0.2) is 9.59 Å². The molecule has 0 aliphatic carbocycles. The molecular formula is C14H23N3O4. The lowest BCUT2D eigenvalue weighted by Gasteiger charge is -2.00. The average molecular weight is 297 g/mol. The van der Waals surface area contributed by atoms with Crippen molar-refractivity contribution in [1.29, 1.82) is 0 Å². The van der Waals surface area contributed by atoms with E-state index in [0.29, 0.717) is 24.2 Å². The van der Waals surface area contributed by atoms with Crippen molar-refractivity contribution >= 4 is 11.9 Å². The van der Waals surface area contributed by atoms with Crippen LogP contribution in [-0.4, -0.2) is 52.3 Å². The third kappa shape index (κ3) is 8.03. The first-order valence-corrected chi connectivity index (χ1v) is 6.48. The van der Waals surface area contributed by atoms with Crippen molar-refractivity contribution in [2.75, 3.05) is 40.4 Å². The molecule has 7 heteroatoms. The molecule has 1 rings (SSSR count). The van der Waals surface area contributed by atoms with Crippen molar-refractivity contribution in [1.82, 2.24) is 5.32 Å². The average Bonchev–Trinajstić information content (AvgIpc) is 2.54. The van der Waals surface area contributed by atoms with Crippen molar-refractivity contribution in [3.63, 3.8) is 0 Å². The Balaban J connectivity index is 0.000000486. The second-order valence-corrected chi connectivity index (χ2v) is 3.89. The second-order valence-electron chi connectivity index (χ2n) is 3.89. The molecule has 0 saturated carbocycles. The third-order valence-corrected chi connectivity index (χ3v) is 2.37. The molecule has 0 fully saturated rings. The molecule has 0 aromatic heterocycles. The fraction of sp³-hybridized carbons (Fsp3) is 0.429. The van der Waals surface area contributed by atoms with E-state index in [2.05, 4.69) is 14.8 Å². The zero-order valence-electron chi connectivity index (χ0n) is 12.4. The number of carbonyl (C=O) groups is 2. The first-order valence-electron chi connectivity index (χ1n) is 6.48. The number of hydrogen-bond donors (Lipinski definition) is 3. The summed E-state index contributed by atoms with van der Waals surface area (Å²) < 4.78 is 9.02. The first-order chi connectivity index (χ1) is 10.1. The standard InChI is InChI=1S/C10H10O4.C4H13N3/c1-13-9(11)7-3-5-8(6-4-7)10(12)14-2;5-1-3-7-4-2-6/h3-6H,1-2H3;7H,1-6H2. The van der Waals surface area contributed by atoms with E-state index in [0.717, 1.165) is 13.1 Å². The number of rotatable bonds is 6. The lowest BCUT2D eigenvalue weighted by atomic mass is 10.1. The summed E-state index contributed by atoms with van der Waals surface area (Å²) in [5.74, 6) is -0.858.